The van der Waals surface area contributed by atoms with Crippen molar-refractivity contribution in [2.45, 2.75) is 13.8 Å². The van der Waals surface area contributed by atoms with Crippen molar-refractivity contribution in [1.82, 2.24) is 13.9 Å². The van der Waals surface area contributed by atoms with Crippen LogP contribution in [0.4, 0.5) is 5.69 Å². The second kappa shape index (κ2) is 8.56. The van der Waals surface area contributed by atoms with Crippen molar-refractivity contribution < 1.29 is 0 Å². The normalized spacial score (nSPS) is 11.8. The molecule has 0 aliphatic rings. The summed E-state index contributed by atoms with van der Waals surface area (Å²) in [5.74, 6) is 0. The summed E-state index contributed by atoms with van der Waals surface area (Å²) < 4.78 is 5.65. The maximum atomic E-state index is 13.4. The molecule has 2 aromatic heterocycles. The van der Waals surface area contributed by atoms with Crippen LogP contribution in [0, 0.1) is 13.8 Å². The molecule has 0 fully saturated rings. The fourth-order valence-electron chi connectivity index (χ4n) is 3.92. The van der Waals surface area contributed by atoms with E-state index >= 15 is 0 Å². The van der Waals surface area contributed by atoms with Gasteiger partial charge in [-0.3, -0.25) is 14.0 Å². The van der Waals surface area contributed by atoms with Gasteiger partial charge in [-0.2, -0.15) is 0 Å². The van der Waals surface area contributed by atoms with E-state index in [1.807, 2.05) is 67.2 Å². The molecule has 0 saturated heterocycles. The summed E-state index contributed by atoms with van der Waals surface area (Å²) in [5, 5.41) is 2.10. The Morgan fingerprint density at radius 1 is 0.788 bits per heavy atom. The number of aromatic nitrogens is 3. The lowest BCUT2D eigenvalue weighted by molar-refractivity contribution is 0.630. The molecule has 3 aromatic carbocycles. The molecule has 0 aliphatic carbocycles. The third-order valence-corrected chi connectivity index (χ3v) is 6.63. The molecule has 0 aliphatic heterocycles. The van der Waals surface area contributed by atoms with Crippen LogP contribution in [0.1, 0.15) is 11.3 Å². The Balaban J connectivity index is 1.76. The van der Waals surface area contributed by atoms with E-state index in [0.717, 1.165) is 33.1 Å². The molecule has 0 unspecified atom stereocenters. The van der Waals surface area contributed by atoms with Gasteiger partial charge in [0.1, 0.15) is 0 Å². The first kappa shape index (κ1) is 21.0. The van der Waals surface area contributed by atoms with Crippen molar-refractivity contribution in [2.24, 2.45) is 12.0 Å². The van der Waals surface area contributed by atoms with Gasteiger partial charge in [0.15, 0.2) is 10.5 Å². The highest BCUT2D eigenvalue weighted by molar-refractivity contribution is 7.07. The molecule has 0 radical (unpaired) electrons. The number of hydrogen-bond donors (Lipinski definition) is 0. The maximum Gasteiger partial charge on any atom is 0.297 e. The Labute approximate surface area is 196 Å². The zero-order chi connectivity index (χ0) is 22.9. The van der Waals surface area contributed by atoms with Crippen LogP contribution < -0.4 is 10.4 Å². The summed E-state index contributed by atoms with van der Waals surface area (Å²) in [7, 11) is 1.89. The average Bonchev–Trinajstić information content (AvgIpc) is 3.35. The highest BCUT2D eigenvalue weighted by Crippen LogP contribution is 2.24. The highest BCUT2D eigenvalue weighted by Gasteiger charge is 2.17. The number of nitrogens with zero attached hydrogens (tertiary/aromatic N) is 4. The van der Waals surface area contributed by atoms with Gasteiger partial charge in [0, 0.05) is 18.1 Å². The highest BCUT2D eigenvalue weighted by atomic mass is 32.1. The molecule has 0 amide bonds. The van der Waals surface area contributed by atoms with Crippen LogP contribution in [0.2, 0.25) is 0 Å². The molecule has 0 saturated carbocycles. The lowest BCUT2D eigenvalue weighted by Crippen LogP contribution is -2.20. The minimum Gasteiger partial charge on any atom is -0.285 e. The number of rotatable bonds is 4. The molecular formula is C27H24N4OS. The van der Waals surface area contributed by atoms with E-state index in [-0.39, 0.29) is 5.56 Å². The monoisotopic (exact) mass is 452 g/mol. The average molecular weight is 453 g/mol. The Bertz CT molecular complexity index is 1540. The molecular weight excluding hydrogens is 428 g/mol. The molecule has 0 bridgehead atoms. The van der Waals surface area contributed by atoms with Crippen molar-refractivity contribution in [3.8, 4) is 22.6 Å². The van der Waals surface area contributed by atoms with Crippen LogP contribution in [-0.4, -0.2) is 13.9 Å². The fraction of sp³-hybridized carbons (Fsp3) is 0.111. The minimum absolute atomic E-state index is 0.133. The van der Waals surface area contributed by atoms with E-state index in [2.05, 4.69) is 53.3 Å². The standard InChI is InChI=1S/C27H24N4OS/c1-19-14-16-22(17-15-19)30-24(21-10-6-4-7-11-21)18-33-27(30)28-25-20(2)29(3)31(26(25)32)23-12-8-5-9-13-23/h4-18H,1-3H3. The van der Waals surface area contributed by atoms with Gasteiger partial charge in [0.2, 0.25) is 0 Å². The van der Waals surface area contributed by atoms with Gasteiger partial charge in [0.25, 0.3) is 5.56 Å². The Morgan fingerprint density at radius 3 is 2.09 bits per heavy atom. The summed E-state index contributed by atoms with van der Waals surface area (Å²) in [5.41, 5.74) is 6.29. The molecule has 5 nitrogen and oxygen atoms in total. The molecule has 33 heavy (non-hydrogen) atoms. The van der Waals surface area contributed by atoms with Gasteiger partial charge in [-0.1, -0.05) is 66.2 Å². The quantitative estimate of drug-likeness (QED) is 0.353. The lowest BCUT2D eigenvalue weighted by atomic mass is 10.1. The predicted molar refractivity (Wildman–Crippen MR) is 135 cm³/mol. The van der Waals surface area contributed by atoms with Crippen LogP contribution in [0.25, 0.3) is 22.6 Å². The second-order valence-electron chi connectivity index (χ2n) is 7.96. The Kier molecular flexibility index (Phi) is 5.44. The van der Waals surface area contributed by atoms with E-state index in [4.69, 9.17) is 4.99 Å². The molecule has 5 aromatic rings. The third-order valence-electron chi connectivity index (χ3n) is 5.80. The number of para-hydroxylation sites is 1. The van der Waals surface area contributed by atoms with Gasteiger partial charge < -0.3 is 0 Å². The molecule has 6 heteroatoms. The lowest BCUT2D eigenvalue weighted by Gasteiger charge is -2.09. The Morgan fingerprint density at radius 2 is 1.42 bits per heavy atom. The third kappa shape index (κ3) is 3.79. The maximum absolute atomic E-state index is 13.4. The Hall–Kier alpha value is -3.90. The van der Waals surface area contributed by atoms with Gasteiger partial charge in [-0.05, 0) is 43.7 Å². The van der Waals surface area contributed by atoms with Crippen molar-refractivity contribution in [1.29, 1.82) is 0 Å². The summed E-state index contributed by atoms with van der Waals surface area (Å²) in [6, 6.07) is 28.3. The summed E-state index contributed by atoms with van der Waals surface area (Å²) in [4.78, 5) is 19.1. The largest absolute Gasteiger partial charge is 0.297 e. The van der Waals surface area contributed by atoms with Crippen LogP contribution >= 0.6 is 11.3 Å². The topological polar surface area (TPSA) is 44.2 Å². The molecule has 0 spiro atoms. The van der Waals surface area contributed by atoms with Crippen molar-refractivity contribution in [3.63, 3.8) is 0 Å². The summed E-state index contributed by atoms with van der Waals surface area (Å²) in [6.07, 6.45) is 0. The SMILES string of the molecule is Cc1ccc(-n2c(-c3ccccc3)csc2=Nc2c(C)n(C)n(-c3ccccc3)c2=O)cc1. The summed E-state index contributed by atoms with van der Waals surface area (Å²) >= 11 is 1.53. The van der Waals surface area contributed by atoms with Crippen LogP contribution in [0.5, 0.6) is 0 Å². The van der Waals surface area contributed by atoms with E-state index in [0.29, 0.717) is 5.69 Å². The predicted octanol–water partition coefficient (Wildman–Crippen LogP) is 5.54. The van der Waals surface area contributed by atoms with Gasteiger partial charge in [-0.25, -0.2) is 9.67 Å². The molecule has 164 valence electrons. The van der Waals surface area contributed by atoms with Crippen LogP contribution in [0.3, 0.4) is 0 Å². The molecule has 5 rings (SSSR count). The van der Waals surface area contributed by atoms with E-state index in [9.17, 15) is 4.79 Å². The van der Waals surface area contributed by atoms with E-state index < -0.39 is 0 Å². The first-order valence-corrected chi connectivity index (χ1v) is 11.6. The number of aryl methyl sites for hydroxylation is 1. The van der Waals surface area contributed by atoms with Crippen molar-refractivity contribution in [3.05, 3.63) is 117 Å². The van der Waals surface area contributed by atoms with Gasteiger partial charge in [0.05, 0.1) is 17.1 Å². The molecule has 2 heterocycles. The molecule has 0 N–H and O–H groups in total. The van der Waals surface area contributed by atoms with Gasteiger partial charge in [-0.15, -0.1) is 11.3 Å². The number of hydrogen-bond acceptors (Lipinski definition) is 3. The smallest absolute Gasteiger partial charge is 0.285 e. The first-order chi connectivity index (χ1) is 16.0. The van der Waals surface area contributed by atoms with E-state index in [1.54, 1.807) is 4.68 Å². The van der Waals surface area contributed by atoms with Gasteiger partial charge >= 0.3 is 0 Å². The number of thiazole rings is 1. The zero-order valence-electron chi connectivity index (χ0n) is 18.8. The van der Waals surface area contributed by atoms with Crippen molar-refractivity contribution in [2.75, 3.05) is 0 Å². The second-order valence-corrected chi connectivity index (χ2v) is 8.80. The van der Waals surface area contributed by atoms with Crippen LogP contribution in [0.15, 0.2) is 100 Å². The minimum atomic E-state index is -0.133. The fourth-order valence-corrected chi connectivity index (χ4v) is 4.83. The number of benzene rings is 3. The zero-order valence-corrected chi connectivity index (χ0v) is 19.6. The first-order valence-electron chi connectivity index (χ1n) is 10.8. The van der Waals surface area contributed by atoms with E-state index in [1.165, 1.54) is 16.9 Å². The summed E-state index contributed by atoms with van der Waals surface area (Å²) in [6.45, 7) is 4.01. The van der Waals surface area contributed by atoms with Crippen molar-refractivity contribution >= 4 is 17.0 Å². The van der Waals surface area contributed by atoms with Crippen LogP contribution in [-0.2, 0) is 7.05 Å². The molecule has 0 atom stereocenters.